The molecule has 0 radical (unpaired) electrons. The molecule has 3 N–H and O–H groups in total. The van der Waals surface area contributed by atoms with Crippen LogP contribution in [-0.2, 0) is 4.74 Å². The first-order valence-corrected chi connectivity index (χ1v) is 7.39. The predicted octanol–water partition coefficient (Wildman–Crippen LogP) is 1.79. The van der Waals surface area contributed by atoms with E-state index in [0.717, 1.165) is 42.4 Å². The summed E-state index contributed by atoms with van der Waals surface area (Å²) >= 11 is 0. The topological polar surface area (TPSA) is 71.6 Å². The lowest BCUT2D eigenvalue weighted by Crippen LogP contribution is -2.37. The molecule has 0 atom stereocenters. The number of nitrogen functional groups attached to an aromatic ring is 1. The lowest BCUT2D eigenvalue weighted by molar-refractivity contribution is 0.0159. The van der Waals surface area contributed by atoms with Gasteiger partial charge in [0.25, 0.3) is 0 Å². The fourth-order valence-corrected chi connectivity index (χ4v) is 2.96. The summed E-state index contributed by atoms with van der Waals surface area (Å²) in [6.07, 6.45) is 5.87. The smallest absolute Gasteiger partial charge is 0.0701 e. The highest BCUT2D eigenvalue weighted by molar-refractivity contribution is 6.00. The first kappa shape index (κ1) is 14.1. The van der Waals surface area contributed by atoms with Crippen LogP contribution in [0.1, 0.15) is 12.8 Å². The average molecular weight is 287 g/mol. The van der Waals surface area contributed by atoms with Crippen LogP contribution < -0.4 is 10.6 Å². The van der Waals surface area contributed by atoms with Crippen LogP contribution in [0.3, 0.4) is 0 Å². The normalized spacial score (nSPS) is 16.5. The molecule has 0 amide bonds. The van der Waals surface area contributed by atoms with Gasteiger partial charge in [-0.25, -0.2) is 0 Å². The quantitative estimate of drug-likeness (QED) is 0.839. The van der Waals surface area contributed by atoms with E-state index >= 15 is 0 Å². The van der Waals surface area contributed by atoms with Gasteiger partial charge in [0.05, 0.1) is 19.3 Å². The Labute approximate surface area is 124 Å². The number of fused-ring (bicyclic) bond motifs is 1. The van der Waals surface area contributed by atoms with Crippen LogP contribution in [0.25, 0.3) is 10.8 Å². The van der Waals surface area contributed by atoms with E-state index in [9.17, 15) is 0 Å². The van der Waals surface area contributed by atoms with Gasteiger partial charge in [0.1, 0.15) is 0 Å². The van der Waals surface area contributed by atoms with E-state index < -0.39 is 0 Å². The first-order valence-electron chi connectivity index (χ1n) is 7.39. The van der Waals surface area contributed by atoms with Crippen molar-refractivity contribution >= 4 is 22.1 Å². The molecule has 1 aliphatic rings. The number of pyridine rings is 1. The molecule has 1 fully saturated rings. The van der Waals surface area contributed by atoms with Crippen LogP contribution in [0, 0.1) is 0 Å². The van der Waals surface area contributed by atoms with Gasteiger partial charge in [-0.3, -0.25) is 4.98 Å². The van der Waals surface area contributed by atoms with Gasteiger partial charge in [0, 0.05) is 47.6 Å². The van der Waals surface area contributed by atoms with Gasteiger partial charge in [0.15, 0.2) is 0 Å². The van der Waals surface area contributed by atoms with Crippen molar-refractivity contribution in [2.24, 2.45) is 0 Å². The molecule has 0 spiro atoms. The van der Waals surface area contributed by atoms with Gasteiger partial charge in [-0.15, -0.1) is 0 Å². The second kappa shape index (κ2) is 6.28. The molecule has 1 aromatic carbocycles. The van der Waals surface area contributed by atoms with E-state index in [1.54, 1.807) is 6.20 Å². The zero-order valence-corrected chi connectivity index (χ0v) is 12.0. The number of ether oxygens (including phenoxy) is 1. The van der Waals surface area contributed by atoms with Crippen LogP contribution in [0.5, 0.6) is 0 Å². The standard InChI is InChI=1S/C16H21N3O2/c17-15-1-2-16(14-11-18-6-3-13(14)15)19-7-4-12(5-8-19)21-10-9-20/h1-3,6,11-12,20H,4-5,7-10,17H2. The lowest BCUT2D eigenvalue weighted by Gasteiger charge is -2.34. The highest BCUT2D eigenvalue weighted by Crippen LogP contribution is 2.32. The van der Waals surface area contributed by atoms with Crippen molar-refractivity contribution in [1.29, 1.82) is 0 Å². The number of nitrogens with zero attached hydrogens (tertiary/aromatic N) is 2. The number of aliphatic hydroxyl groups excluding tert-OH is 1. The maximum Gasteiger partial charge on any atom is 0.0701 e. The molecule has 1 saturated heterocycles. The molecule has 2 aromatic rings. The number of nitrogens with two attached hydrogens (primary N) is 1. The highest BCUT2D eigenvalue weighted by Gasteiger charge is 2.21. The van der Waals surface area contributed by atoms with Crippen molar-refractivity contribution in [3.05, 3.63) is 30.6 Å². The van der Waals surface area contributed by atoms with Gasteiger partial charge < -0.3 is 20.5 Å². The van der Waals surface area contributed by atoms with Crippen LogP contribution >= 0.6 is 0 Å². The third-order valence-corrected chi connectivity index (χ3v) is 4.06. The minimum Gasteiger partial charge on any atom is -0.398 e. The largest absolute Gasteiger partial charge is 0.398 e. The molecule has 1 aliphatic heterocycles. The monoisotopic (exact) mass is 287 g/mol. The second-order valence-corrected chi connectivity index (χ2v) is 5.38. The van der Waals surface area contributed by atoms with Gasteiger partial charge in [-0.05, 0) is 31.0 Å². The number of piperidine rings is 1. The van der Waals surface area contributed by atoms with Crippen LogP contribution in [0.15, 0.2) is 30.6 Å². The number of anilines is 2. The summed E-state index contributed by atoms with van der Waals surface area (Å²) in [5.41, 5.74) is 8.02. The molecule has 5 nitrogen and oxygen atoms in total. The summed E-state index contributed by atoms with van der Waals surface area (Å²) in [5.74, 6) is 0. The van der Waals surface area contributed by atoms with Crippen molar-refractivity contribution in [3.8, 4) is 0 Å². The number of rotatable bonds is 4. The van der Waals surface area contributed by atoms with E-state index in [1.807, 2.05) is 18.3 Å². The van der Waals surface area contributed by atoms with E-state index in [-0.39, 0.29) is 12.7 Å². The van der Waals surface area contributed by atoms with E-state index in [4.69, 9.17) is 15.6 Å². The van der Waals surface area contributed by atoms with Crippen molar-refractivity contribution in [2.75, 3.05) is 36.9 Å². The molecule has 0 unspecified atom stereocenters. The zero-order chi connectivity index (χ0) is 14.7. The summed E-state index contributed by atoms with van der Waals surface area (Å²) in [6, 6.07) is 6.01. The SMILES string of the molecule is Nc1ccc(N2CCC(OCCO)CC2)c2cnccc12. The lowest BCUT2D eigenvalue weighted by atomic mass is 10.0. The van der Waals surface area contributed by atoms with Crippen LogP contribution in [-0.4, -0.2) is 42.5 Å². The van der Waals surface area contributed by atoms with E-state index in [1.165, 1.54) is 5.69 Å². The molecular weight excluding hydrogens is 266 g/mol. The molecule has 112 valence electrons. The fourth-order valence-electron chi connectivity index (χ4n) is 2.96. The molecule has 0 aliphatic carbocycles. The highest BCUT2D eigenvalue weighted by atomic mass is 16.5. The Balaban J connectivity index is 1.78. The van der Waals surface area contributed by atoms with Crippen molar-refractivity contribution in [3.63, 3.8) is 0 Å². The summed E-state index contributed by atoms with van der Waals surface area (Å²) in [5, 5.41) is 11.0. The number of aliphatic hydroxyl groups is 1. The van der Waals surface area contributed by atoms with Crippen molar-refractivity contribution < 1.29 is 9.84 Å². The zero-order valence-electron chi connectivity index (χ0n) is 12.0. The number of benzene rings is 1. The minimum absolute atomic E-state index is 0.0917. The summed E-state index contributed by atoms with van der Waals surface area (Å²) in [7, 11) is 0. The Morgan fingerprint density at radius 3 is 2.81 bits per heavy atom. The molecule has 2 heterocycles. The number of hydrogen-bond donors (Lipinski definition) is 2. The Kier molecular flexibility index (Phi) is 4.22. The third kappa shape index (κ3) is 2.94. The van der Waals surface area contributed by atoms with Gasteiger partial charge in [-0.1, -0.05) is 0 Å². The van der Waals surface area contributed by atoms with Gasteiger partial charge in [0.2, 0.25) is 0 Å². The third-order valence-electron chi connectivity index (χ3n) is 4.06. The van der Waals surface area contributed by atoms with Crippen molar-refractivity contribution in [1.82, 2.24) is 4.98 Å². The Hall–Kier alpha value is -1.85. The maximum absolute atomic E-state index is 8.82. The predicted molar refractivity (Wildman–Crippen MR) is 84.4 cm³/mol. The molecule has 0 bridgehead atoms. The van der Waals surface area contributed by atoms with E-state index in [0.29, 0.717) is 6.61 Å². The summed E-state index contributed by atoms with van der Waals surface area (Å²) in [4.78, 5) is 6.59. The number of aromatic nitrogens is 1. The van der Waals surface area contributed by atoms with Crippen molar-refractivity contribution in [2.45, 2.75) is 18.9 Å². The Bertz CT molecular complexity index is 609. The van der Waals surface area contributed by atoms with E-state index in [2.05, 4.69) is 16.0 Å². The Morgan fingerprint density at radius 1 is 1.24 bits per heavy atom. The molecule has 0 saturated carbocycles. The molecule has 1 aromatic heterocycles. The number of hydrogen-bond acceptors (Lipinski definition) is 5. The molecule has 3 rings (SSSR count). The fraction of sp³-hybridized carbons (Fsp3) is 0.438. The van der Waals surface area contributed by atoms with Gasteiger partial charge >= 0.3 is 0 Å². The Morgan fingerprint density at radius 2 is 2.05 bits per heavy atom. The van der Waals surface area contributed by atoms with Gasteiger partial charge in [-0.2, -0.15) is 0 Å². The summed E-state index contributed by atoms with van der Waals surface area (Å²) < 4.78 is 5.61. The van der Waals surface area contributed by atoms with Crippen LogP contribution in [0.2, 0.25) is 0 Å². The summed E-state index contributed by atoms with van der Waals surface area (Å²) in [6.45, 7) is 2.42. The first-order chi connectivity index (χ1) is 10.3. The van der Waals surface area contributed by atoms with Crippen LogP contribution in [0.4, 0.5) is 11.4 Å². The molecule has 21 heavy (non-hydrogen) atoms. The molecule has 5 heteroatoms. The second-order valence-electron chi connectivity index (χ2n) is 5.38. The minimum atomic E-state index is 0.0917. The molecular formula is C16H21N3O2. The maximum atomic E-state index is 8.82. The average Bonchev–Trinajstić information content (AvgIpc) is 2.54.